The maximum Gasteiger partial charge on any atom is 0.295 e. The van der Waals surface area contributed by atoms with Gasteiger partial charge in [0.2, 0.25) is 0 Å². The van der Waals surface area contributed by atoms with Gasteiger partial charge in [0.15, 0.2) is 0 Å². The Morgan fingerprint density at radius 3 is 2.61 bits per heavy atom. The number of fused-ring (bicyclic) bond motifs is 1. The van der Waals surface area contributed by atoms with Gasteiger partial charge in [-0.1, -0.05) is 30.3 Å². The van der Waals surface area contributed by atoms with Gasteiger partial charge in [0.25, 0.3) is 11.7 Å². The minimum absolute atomic E-state index is 0.101. The van der Waals surface area contributed by atoms with Crippen LogP contribution in [0.15, 0.2) is 78.6 Å². The Morgan fingerprint density at radius 1 is 1.06 bits per heavy atom. The Balaban J connectivity index is 1.63. The van der Waals surface area contributed by atoms with E-state index in [4.69, 9.17) is 4.74 Å². The summed E-state index contributed by atoms with van der Waals surface area (Å²) >= 11 is 0. The van der Waals surface area contributed by atoms with Crippen LogP contribution in [0.4, 0.5) is 0 Å². The molecule has 2 aliphatic rings. The largest absolute Gasteiger partial charge is 0.507 e. The molecule has 1 N–H and O–H groups in total. The van der Waals surface area contributed by atoms with Gasteiger partial charge in [0.1, 0.15) is 11.5 Å². The molecule has 31 heavy (non-hydrogen) atoms. The molecule has 154 valence electrons. The van der Waals surface area contributed by atoms with Gasteiger partial charge < -0.3 is 14.7 Å². The minimum atomic E-state index is -0.683. The third-order valence-corrected chi connectivity index (χ3v) is 5.72. The van der Waals surface area contributed by atoms with Crippen molar-refractivity contribution in [2.45, 2.75) is 19.0 Å². The second-order valence-corrected chi connectivity index (χ2v) is 7.61. The van der Waals surface area contributed by atoms with Gasteiger partial charge in [-0.3, -0.25) is 14.6 Å². The Morgan fingerprint density at radius 2 is 1.84 bits per heavy atom. The van der Waals surface area contributed by atoms with Crippen molar-refractivity contribution in [2.75, 3.05) is 6.61 Å². The van der Waals surface area contributed by atoms with E-state index < -0.39 is 17.7 Å². The van der Waals surface area contributed by atoms with Crippen molar-refractivity contribution in [3.05, 3.63) is 101 Å². The first-order valence-electron chi connectivity index (χ1n) is 10.1. The van der Waals surface area contributed by atoms with Crippen LogP contribution in [0.5, 0.6) is 5.75 Å². The van der Waals surface area contributed by atoms with E-state index >= 15 is 0 Å². The Bertz CT molecular complexity index is 1190. The second-order valence-electron chi connectivity index (χ2n) is 7.61. The van der Waals surface area contributed by atoms with E-state index in [0.717, 1.165) is 28.9 Å². The maximum atomic E-state index is 13.1. The van der Waals surface area contributed by atoms with E-state index in [2.05, 4.69) is 4.98 Å². The first-order chi connectivity index (χ1) is 15.1. The summed E-state index contributed by atoms with van der Waals surface area (Å²) in [5, 5.41) is 11.2. The molecule has 6 nitrogen and oxygen atoms in total. The van der Waals surface area contributed by atoms with Gasteiger partial charge in [-0.15, -0.1) is 0 Å². The van der Waals surface area contributed by atoms with Crippen molar-refractivity contribution in [1.29, 1.82) is 0 Å². The van der Waals surface area contributed by atoms with Crippen LogP contribution in [0, 0.1) is 0 Å². The molecule has 1 fully saturated rings. The number of aliphatic hydroxyl groups is 1. The van der Waals surface area contributed by atoms with Crippen molar-refractivity contribution in [3.63, 3.8) is 0 Å². The summed E-state index contributed by atoms with van der Waals surface area (Å²) in [6, 6.07) is 17.6. The summed E-state index contributed by atoms with van der Waals surface area (Å²) in [7, 11) is 0. The molecule has 2 aromatic carbocycles. The molecule has 1 unspecified atom stereocenters. The number of amides is 1. The van der Waals surface area contributed by atoms with Crippen molar-refractivity contribution in [3.8, 4) is 5.75 Å². The molecule has 5 rings (SSSR count). The fourth-order valence-corrected chi connectivity index (χ4v) is 4.20. The molecule has 0 bridgehead atoms. The van der Waals surface area contributed by atoms with Gasteiger partial charge in [0, 0.05) is 30.9 Å². The van der Waals surface area contributed by atoms with E-state index in [1.54, 1.807) is 24.5 Å². The zero-order valence-electron chi connectivity index (χ0n) is 16.7. The quantitative estimate of drug-likeness (QED) is 0.402. The fraction of sp³-hybridized carbons (Fsp3) is 0.160. The topological polar surface area (TPSA) is 79.7 Å². The molecule has 0 saturated carbocycles. The summed E-state index contributed by atoms with van der Waals surface area (Å²) in [4.78, 5) is 31.6. The number of carbonyl (C=O) groups excluding carboxylic acids is 2. The average molecular weight is 412 g/mol. The van der Waals surface area contributed by atoms with Crippen molar-refractivity contribution >= 4 is 17.4 Å². The predicted octanol–water partition coefficient (Wildman–Crippen LogP) is 3.64. The highest BCUT2D eigenvalue weighted by molar-refractivity contribution is 6.46. The summed E-state index contributed by atoms with van der Waals surface area (Å²) < 4.78 is 5.54. The second kappa shape index (κ2) is 7.72. The number of hydrogen-bond donors (Lipinski definition) is 1. The molecule has 1 saturated heterocycles. The van der Waals surface area contributed by atoms with Gasteiger partial charge in [-0.2, -0.15) is 0 Å². The number of carbonyl (C=O) groups is 2. The van der Waals surface area contributed by atoms with Crippen molar-refractivity contribution < 1.29 is 19.4 Å². The first-order valence-corrected chi connectivity index (χ1v) is 10.1. The van der Waals surface area contributed by atoms with E-state index in [1.807, 2.05) is 48.5 Å². The monoisotopic (exact) mass is 412 g/mol. The standard InChI is InChI=1S/C25H20N2O4/c28-23(19-6-7-20-18(14-19)10-13-31-20)21-22(17-4-2-1-3-5-17)27(25(30)24(21)29)15-16-8-11-26-12-9-16/h1-9,11-12,14,22,28H,10,13,15H2/b23-21-. The van der Waals surface area contributed by atoms with Crippen molar-refractivity contribution in [2.24, 2.45) is 0 Å². The molecule has 1 amide bonds. The number of ketones is 1. The van der Waals surface area contributed by atoms with Crippen LogP contribution in [0.2, 0.25) is 0 Å². The normalized spacial score (nSPS) is 19.4. The molecule has 3 heterocycles. The molecule has 2 aliphatic heterocycles. The summed E-state index contributed by atoms with van der Waals surface area (Å²) in [6.07, 6.45) is 4.04. The zero-order valence-corrected chi connectivity index (χ0v) is 16.7. The Kier molecular flexibility index (Phi) is 4.75. The number of rotatable bonds is 4. The number of likely N-dealkylation sites (tertiary alicyclic amines) is 1. The van der Waals surface area contributed by atoms with Crippen LogP contribution in [0.3, 0.4) is 0 Å². The lowest BCUT2D eigenvalue weighted by Gasteiger charge is -2.25. The van der Waals surface area contributed by atoms with Gasteiger partial charge in [0.05, 0.1) is 18.2 Å². The lowest BCUT2D eigenvalue weighted by molar-refractivity contribution is -0.140. The van der Waals surface area contributed by atoms with Gasteiger partial charge >= 0.3 is 0 Å². The van der Waals surface area contributed by atoms with Crippen LogP contribution in [-0.2, 0) is 22.6 Å². The molecule has 0 radical (unpaired) electrons. The molecule has 0 aliphatic carbocycles. The van der Waals surface area contributed by atoms with Gasteiger partial charge in [-0.05, 0) is 47.0 Å². The Hall–Kier alpha value is -3.93. The number of aromatic nitrogens is 1. The van der Waals surface area contributed by atoms with Crippen molar-refractivity contribution in [1.82, 2.24) is 9.88 Å². The molecule has 6 heteroatoms. The number of nitrogens with zero attached hydrogens (tertiary/aromatic N) is 2. The average Bonchev–Trinajstić information content (AvgIpc) is 3.38. The summed E-state index contributed by atoms with van der Waals surface area (Å²) in [6.45, 7) is 0.835. The molecular formula is C25H20N2O4. The third kappa shape index (κ3) is 3.36. The van der Waals surface area contributed by atoms with Crippen LogP contribution in [0.1, 0.15) is 28.3 Å². The van der Waals surface area contributed by atoms with Gasteiger partial charge in [-0.25, -0.2) is 0 Å². The maximum absolute atomic E-state index is 13.1. The van der Waals surface area contributed by atoms with Crippen LogP contribution < -0.4 is 4.74 Å². The lowest BCUT2D eigenvalue weighted by atomic mass is 9.94. The highest BCUT2D eigenvalue weighted by atomic mass is 16.5. The number of pyridine rings is 1. The smallest absolute Gasteiger partial charge is 0.295 e. The van der Waals surface area contributed by atoms with Crippen LogP contribution in [-0.4, -0.2) is 33.3 Å². The van der Waals surface area contributed by atoms with E-state index in [-0.39, 0.29) is 17.9 Å². The molecule has 1 aromatic heterocycles. The number of hydrogen-bond acceptors (Lipinski definition) is 5. The molecule has 1 atom stereocenters. The number of aliphatic hydroxyl groups excluding tert-OH is 1. The predicted molar refractivity (Wildman–Crippen MR) is 114 cm³/mol. The number of benzene rings is 2. The van der Waals surface area contributed by atoms with E-state index in [1.165, 1.54) is 4.90 Å². The first kappa shape index (κ1) is 19.1. The molecule has 3 aromatic rings. The minimum Gasteiger partial charge on any atom is -0.507 e. The highest BCUT2D eigenvalue weighted by Gasteiger charge is 2.46. The zero-order chi connectivity index (χ0) is 21.4. The molecular weight excluding hydrogens is 392 g/mol. The number of ether oxygens (including phenoxy) is 1. The summed E-state index contributed by atoms with van der Waals surface area (Å²) in [5.74, 6) is -0.692. The SMILES string of the molecule is O=C1C(=O)N(Cc2ccncc2)C(c2ccccc2)/C1=C(/O)c1ccc2c(c1)CCO2. The Labute approximate surface area is 179 Å². The van der Waals surface area contributed by atoms with E-state index in [0.29, 0.717) is 12.2 Å². The van der Waals surface area contributed by atoms with E-state index in [9.17, 15) is 14.7 Å². The highest BCUT2D eigenvalue weighted by Crippen LogP contribution is 2.40. The molecule has 0 spiro atoms. The summed E-state index contributed by atoms with van der Waals surface area (Å²) in [5.41, 5.74) is 3.21. The third-order valence-electron chi connectivity index (χ3n) is 5.72. The lowest BCUT2D eigenvalue weighted by Crippen LogP contribution is -2.29. The van der Waals surface area contributed by atoms with Crippen LogP contribution in [0.25, 0.3) is 5.76 Å². The number of Topliss-reactive ketones (excluding diaryl/α,β-unsaturated/α-hetero) is 1. The van der Waals surface area contributed by atoms with Crippen LogP contribution >= 0.6 is 0 Å². The fourth-order valence-electron chi connectivity index (χ4n) is 4.20.